The van der Waals surface area contributed by atoms with E-state index < -0.39 is 10.8 Å². The van der Waals surface area contributed by atoms with Gasteiger partial charge in [0.05, 0.1) is 38.4 Å². The first-order chi connectivity index (χ1) is 17.9. The number of amides is 2. The zero-order valence-corrected chi connectivity index (χ0v) is 22.4. The van der Waals surface area contributed by atoms with E-state index in [1.54, 1.807) is 59.5 Å². The summed E-state index contributed by atoms with van der Waals surface area (Å²) < 4.78 is 13.6. The van der Waals surface area contributed by atoms with Crippen LogP contribution in [0.5, 0.6) is 0 Å². The lowest BCUT2D eigenvalue weighted by Crippen LogP contribution is -2.42. The van der Waals surface area contributed by atoms with Crippen molar-refractivity contribution in [2.45, 2.75) is 48.6 Å². The molecule has 0 aromatic heterocycles. The smallest absolute Gasteiger partial charge is 0.259 e. The summed E-state index contributed by atoms with van der Waals surface area (Å²) in [7, 11) is -1.57. The van der Waals surface area contributed by atoms with Crippen LogP contribution in [0.3, 0.4) is 0 Å². The summed E-state index contributed by atoms with van der Waals surface area (Å²) in [6.45, 7) is 4.87. The lowest BCUT2D eigenvalue weighted by atomic mass is 10.0. The van der Waals surface area contributed by atoms with Gasteiger partial charge in [0, 0.05) is 29.7 Å². The number of hydrogen-bond donors (Lipinski definition) is 1. The highest BCUT2D eigenvalue weighted by Gasteiger charge is 2.31. The molecule has 8 heteroatoms. The molecule has 3 aromatic rings. The van der Waals surface area contributed by atoms with E-state index in [0.29, 0.717) is 44.2 Å². The van der Waals surface area contributed by atoms with Crippen molar-refractivity contribution >= 4 is 39.9 Å². The summed E-state index contributed by atoms with van der Waals surface area (Å²) in [5.74, 6) is -0.477. The minimum absolute atomic E-state index is 0.213. The third kappa shape index (κ3) is 5.49. The minimum atomic E-state index is -1.57. The number of halogens is 1. The van der Waals surface area contributed by atoms with Gasteiger partial charge in [0.1, 0.15) is 0 Å². The highest BCUT2D eigenvalue weighted by Crippen LogP contribution is 2.36. The maximum Gasteiger partial charge on any atom is 0.259 e. The molecule has 0 bridgehead atoms. The van der Waals surface area contributed by atoms with Gasteiger partial charge in [-0.3, -0.25) is 14.5 Å². The molecule has 2 aliphatic heterocycles. The molecule has 1 N–H and O–H groups in total. The van der Waals surface area contributed by atoms with Gasteiger partial charge in [0.25, 0.3) is 11.8 Å². The zero-order valence-electron chi connectivity index (χ0n) is 20.8. The molecule has 37 heavy (non-hydrogen) atoms. The van der Waals surface area contributed by atoms with Gasteiger partial charge in [-0.25, -0.2) is 4.21 Å². The van der Waals surface area contributed by atoms with Crippen molar-refractivity contribution in [1.29, 1.82) is 0 Å². The summed E-state index contributed by atoms with van der Waals surface area (Å²) in [6, 6.07) is 19.9. The Balaban J connectivity index is 1.45. The maximum atomic E-state index is 13.7. The number of carbonyl (C=O) groups excluding carboxylic acids is 2. The number of benzene rings is 3. The molecule has 2 heterocycles. The van der Waals surface area contributed by atoms with Gasteiger partial charge < -0.3 is 10.2 Å². The van der Waals surface area contributed by atoms with Crippen LogP contribution >= 0.6 is 11.6 Å². The van der Waals surface area contributed by atoms with Crippen LogP contribution in [0.1, 0.15) is 52.5 Å². The molecule has 1 saturated heterocycles. The predicted octanol–water partition coefficient (Wildman–Crippen LogP) is 5.27. The Bertz CT molecular complexity index is 1360. The first-order valence-electron chi connectivity index (χ1n) is 12.7. The summed E-state index contributed by atoms with van der Waals surface area (Å²) in [4.78, 5) is 31.8. The van der Waals surface area contributed by atoms with E-state index in [0.717, 1.165) is 18.7 Å². The SMILES string of the molecule is C[C@@H]1CCCCN1CCNC(=O)c1ccc2c(c1)N(Cc1cccc(Cl)c1)C(=O)c1ccccc1[S@@]2=O. The van der Waals surface area contributed by atoms with E-state index >= 15 is 0 Å². The van der Waals surface area contributed by atoms with Crippen LogP contribution in [0.2, 0.25) is 5.02 Å². The van der Waals surface area contributed by atoms with Crippen molar-refractivity contribution in [1.82, 2.24) is 10.2 Å². The maximum absolute atomic E-state index is 13.7. The summed E-state index contributed by atoms with van der Waals surface area (Å²) in [6.07, 6.45) is 3.64. The molecule has 192 valence electrons. The molecule has 5 rings (SSSR count). The number of likely N-dealkylation sites (tertiary alicyclic amines) is 1. The normalized spacial score (nSPS) is 19.6. The highest BCUT2D eigenvalue weighted by molar-refractivity contribution is 7.85. The molecule has 0 radical (unpaired) electrons. The van der Waals surface area contributed by atoms with E-state index in [4.69, 9.17) is 11.6 Å². The Kier molecular flexibility index (Phi) is 7.74. The third-order valence-electron chi connectivity index (χ3n) is 7.13. The van der Waals surface area contributed by atoms with E-state index in [2.05, 4.69) is 17.1 Å². The quantitative estimate of drug-likeness (QED) is 0.467. The van der Waals surface area contributed by atoms with Gasteiger partial charge >= 0.3 is 0 Å². The first-order valence-corrected chi connectivity index (χ1v) is 14.2. The Morgan fingerprint density at radius 3 is 2.70 bits per heavy atom. The molecule has 6 nitrogen and oxygen atoms in total. The molecular formula is C29H30ClN3O3S. The van der Waals surface area contributed by atoms with Crippen LogP contribution < -0.4 is 10.2 Å². The Morgan fingerprint density at radius 1 is 1.05 bits per heavy atom. The second-order valence-electron chi connectivity index (χ2n) is 9.61. The Hall–Kier alpha value is -3.00. The van der Waals surface area contributed by atoms with Crippen molar-refractivity contribution in [3.8, 4) is 0 Å². The van der Waals surface area contributed by atoms with E-state index in [1.807, 2.05) is 12.1 Å². The number of carbonyl (C=O) groups is 2. The monoisotopic (exact) mass is 535 g/mol. The van der Waals surface area contributed by atoms with Crippen molar-refractivity contribution in [2.75, 3.05) is 24.5 Å². The Morgan fingerprint density at radius 2 is 1.89 bits per heavy atom. The average Bonchev–Trinajstić information content (AvgIpc) is 2.99. The van der Waals surface area contributed by atoms with Crippen LogP contribution in [0, 0.1) is 0 Å². The fourth-order valence-corrected chi connectivity index (χ4v) is 6.64. The molecule has 3 aromatic carbocycles. The third-order valence-corrected chi connectivity index (χ3v) is 8.86. The zero-order chi connectivity index (χ0) is 25.9. The van der Waals surface area contributed by atoms with Crippen molar-refractivity contribution in [3.05, 3.63) is 88.4 Å². The van der Waals surface area contributed by atoms with E-state index in [1.165, 1.54) is 19.3 Å². The van der Waals surface area contributed by atoms with Crippen LogP contribution in [0.15, 0.2) is 76.5 Å². The van der Waals surface area contributed by atoms with Crippen LogP contribution in [0.25, 0.3) is 0 Å². The van der Waals surface area contributed by atoms with Gasteiger partial charge in [-0.05, 0) is 74.3 Å². The lowest BCUT2D eigenvalue weighted by molar-refractivity contribution is 0.0936. The highest BCUT2D eigenvalue weighted by atomic mass is 35.5. The summed E-state index contributed by atoms with van der Waals surface area (Å²) in [5.41, 5.74) is 2.12. The second-order valence-corrected chi connectivity index (χ2v) is 11.5. The van der Waals surface area contributed by atoms with Gasteiger partial charge in [0.15, 0.2) is 0 Å². The fraction of sp³-hybridized carbons (Fsp3) is 0.310. The standard InChI is InChI=1S/C29H30ClN3O3S/c1-20-7-4-5-15-32(20)16-14-31-28(34)22-12-13-27-25(18-22)33(19-21-8-6-9-23(30)17-21)29(35)24-10-2-3-11-26(24)37(27)36/h2-3,6,8-13,17-18,20H,4-5,7,14-16,19H2,1H3,(H,31,34)/t20-,37+/m1/s1. The van der Waals surface area contributed by atoms with Gasteiger partial charge in [-0.1, -0.05) is 42.3 Å². The summed E-state index contributed by atoms with van der Waals surface area (Å²) >= 11 is 6.21. The molecule has 2 atom stereocenters. The van der Waals surface area contributed by atoms with Gasteiger partial charge in [-0.15, -0.1) is 0 Å². The lowest BCUT2D eigenvalue weighted by Gasteiger charge is -2.33. The number of anilines is 1. The van der Waals surface area contributed by atoms with E-state index in [9.17, 15) is 13.8 Å². The number of piperidine rings is 1. The van der Waals surface area contributed by atoms with Crippen LogP contribution in [0.4, 0.5) is 5.69 Å². The molecule has 0 saturated carbocycles. The molecule has 2 aliphatic rings. The van der Waals surface area contributed by atoms with E-state index in [-0.39, 0.29) is 18.4 Å². The Labute approximate surface area is 225 Å². The number of fused-ring (bicyclic) bond motifs is 2. The fourth-order valence-electron chi connectivity index (χ4n) is 5.08. The molecule has 2 amide bonds. The number of nitrogens with zero attached hydrogens (tertiary/aromatic N) is 2. The van der Waals surface area contributed by atoms with Crippen LogP contribution in [-0.2, 0) is 17.3 Å². The first kappa shape index (κ1) is 25.6. The van der Waals surface area contributed by atoms with Gasteiger partial charge in [0.2, 0.25) is 0 Å². The van der Waals surface area contributed by atoms with Crippen molar-refractivity contribution in [3.63, 3.8) is 0 Å². The van der Waals surface area contributed by atoms with Gasteiger partial charge in [-0.2, -0.15) is 0 Å². The molecule has 0 aliphatic carbocycles. The topological polar surface area (TPSA) is 69.7 Å². The van der Waals surface area contributed by atoms with Crippen LogP contribution in [-0.4, -0.2) is 46.6 Å². The number of nitrogens with one attached hydrogen (secondary N) is 1. The molecule has 0 unspecified atom stereocenters. The number of rotatable bonds is 6. The predicted molar refractivity (Wildman–Crippen MR) is 147 cm³/mol. The second kappa shape index (κ2) is 11.2. The van der Waals surface area contributed by atoms with Crippen molar-refractivity contribution in [2.24, 2.45) is 0 Å². The molecule has 0 spiro atoms. The van der Waals surface area contributed by atoms with Crippen molar-refractivity contribution < 1.29 is 13.8 Å². The molecule has 1 fully saturated rings. The minimum Gasteiger partial charge on any atom is -0.351 e. The average molecular weight is 536 g/mol. The number of hydrogen-bond acceptors (Lipinski definition) is 4. The molecular weight excluding hydrogens is 506 g/mol. The summed E-state index contributed by atoms with van der Waals surface area (Å²) in [5, 5.41) is 3.59. The largest absolute Gasteiger partial charge is 0.351 e.